The van der Waals surface area contributed by atoms with Gasteiger partial charge in [0.25, 0.3) is 0 Å². The molecule has 0 heterocycles. The molecule has 0 aliphatic heterocycles. The predicted octanol–water partition coefficient (Wildman–Crippen LogP) is 5.63. The molecule has 0 amide bonds. The van der Waals surface area contributed by atoms with Crippen molar-refractivity contribution in [3.63, 3.8) is 0 Å². The van der Waals surface area contributed by atoms with Crippen LogP contribution in [0.4, 0.5) is 0 Å². The number of halogens is 1. The van der Waals surface area contributed by atoms with E-state index in [9.17, 15) is 0 Å². The van der Waals surface area contributed by atoms with E-state index in [1.165, 1.54) is 0 Å². The van der Waals surface area contributed by atoms with Crippen LogP contribution in [0.3, 0.4) is 0 Å². The van der Waals surface area contributed by atoms with Crippen LogP contribution in [0.25, 0.3) is 0 Å². The Kier molecular flexibility index (Phi) is 5.50. The molecule has 0 atom stereocenters. The Morgan fingerprint density at radius 3 is 1.95 bits per heavy atom. The second-order valence-electron chi connectivity index (χ2n) is 7.36. The van der Waals surface area contributed by atoms with Gasteiger partial charge in [0.15, 0.2) is 8.32 Å². The molecule has 0 radical (unpaired) electrons. The fraction of sp³-hybridized carbons (Fsp3) is 0.625. The Hall–Kier alpha value is -0.323. The second kappa shape index (κ2) is 6.20. The van der Waals surface area contributed by atoms with Crippen LogP contribution in [0.1, 0.15) is 34.6 Å². The van der Waals surface area contributed by atoms with Crippen LogP contribution in [-0.4, -0.2) is 20.5 Å². The van der Waals surface area contributed by atoms with Crippen LogP contribution in [-0.2, 0) is 4.43 Å². The first-order valence-corrected chi connectivity index (χ1v) is 10.7. The number of hydrogen-bond acceptors (Lipinski definition) is 2. The topological polar surface area (TPSA) is 18.5 Å². The zero-order valence-corrected chi connectivity index (χ0v) is 16.3. The summed E-state index contributed by atoms with van der Waals surface area (Å²) in [5.41, 5.74) is -0.330. The molecule has 2 nitrogen and oxygen atoms in total. The third-order valence-corrected chi connectivity index (χ3v) is 8.80. The maximum absolute atomic E-state index is 6.26. The highest BCUT2D eigenvalue weighted by Crippen LogP contribution is 2.37. The molecule has 0 saturated carbocycles. The molecule has 0 aliphatic rings. The van der Waals surface area contributed by atoms with Crippen LogP contribution < -0.4 is 4.74 Å². The largest absolute Gasteiger partial charge is 0.486 e. The van der Waals surface area contributed by atoms with E-state index in [1.807, 2.05) is 24.3 Å². The summed E-state index contributed by atoms with van der Waals surface area (Å²) < 4.78 is 13.4. The van der Waals surface area contributed by atoms with E-state index < -0.39 is 8.32 Å². The maximum atomic E-state index is 6.26. The van der Waals surface area contributed by atoms with Gasteiger partial charge in [0.1, 0.15) is 11.4 Å². The van der Waals surface area contributed by atoms with Crippen LogP contribution in [0.2, 0.25) is 18.1 Å². The van der Waals surface area contributed by atoms with Gasteiger partial charge in [-0.3, -0.25) is 0 Å². The molecule has 0 saturated heterocycles. The van der Waals surface area contributed by atoms with Crippen LogP contribution in [0.5, 0.6) is 5.75 Å². The summed E-state index contributed by atoms with van der Waals surface area (Å²) in [5, 5.41) is 0.223. The van der Waals surface area contributed by atoms with Gasteiger partial charge < -0.3 is 9.16 Å². The summed E-state index contributed by atoms with van der Waals surface area (Å²) in [6.45, 7) is 16.0. The number of rotatable bonds is 5. The minimum absolute atomic E-state index is 0.223. The molecule has 20 heavy (non-hydrogen) atoms. The van der Waals surface area contributed by atoms with Gasteiger partial charge in [-0.05, 0) is 56.2 Å². The van der Waals surface area contributed by atoms with Gasteiger partial charge in [-0.1, -0.05) is 36.7 Å². The molecule has 0 N–H and O–H groups in total. The summed E-state index contributed by atoms with van der Waals surface area (Å²) in [4.78, 5) is 0. The normalized spacial score (nSPS) is 13.4. The summed E-state index contributed by atoms with van der Waals surface area (Å²) in [7, 11) is -1.73. The highest BCUT2D eigenvalue weighted by atomic mass is 79.9. The van der Waals surface area contributed by atoms with Crippen molar-refractivity contribution in [1.82, 2.24) is 0 Å². The molecule has 1 rings (SSSR count). The molecule has 1 aromatic carbocycles. The zero-order chi connectivity index (χ0) is 15.6. The Bertz CT molecular complexity index is 433. The molecule has 0 aliphatic carbocycles. The van der Waals surface area contributed by atoms with E-state index in [-0.39, 0.29) is 10.6 Å². The Labute approximate surface area is 133 Å². The van der Waals surface area contributed by atoms with Crippen LogP contribution in [0.15, 0.2) is 28.7 Å². The molecular formula is C16H27BrO2Si. The molecule has 1 aromatic rings. The van der Waals surface area contributed by atoms with Crippen molar-refractivity contribution >= 4 is 24.2 Å². The molecule has 0 fully saturated rings. The summed E-state index contributed by atoms with van der Waals surface area (Å²) in [6.07, 6.45) is 0. The summed E-state index contributed by atoms with van der Waals surface area (Å²) in [5.74, 6) is 0.872. The molecule has 0 unspecified atom stereocenters. The van der Waals surface area contributed by atoms with Crippen molar-refractivity contribution in [3.8, 4) is 5.75 Å². The van der Waals surface area contributed by atoms with Crippen LogP contribution >= 0.6 is 15.9 Å². The molecule has 0 aromatic heterocycles. The van der Waals surface area contributed by atoms with Gasteiger partial charge in [0.2, 0.25) is 0 Å². The van der Waals surface area contributed by atoms with Crippen molar-refractivity contribution in [3.05, 3.63) is 28.7 Å². The first kappa shape index (κ1) is 17.7. The number of ether oxygens (including phenoxy) is 1. The molecule has 4 heteroatoms. The van der Waals surface area contributed by atoms with E-state index in [2.05, 4.69) is 63.6 Å². The van der Waals surface area contributed by atoms with E-state index >= 15 is 0 Å². The minimum Gasteiger partial charge on any atom is -0.486 e. The van der Waals surface area contributed by atoms with Crippen LogP contribution in [0, 0.1) is 0 Å². The van der Waals surface area contributed by atoms with Gasteiger partial charge in [-0.2, -0.15) is 0 Å². The predicted molar refractivity (Wildman–Crippen MR) is 92.0 cm³/mol. The van der Waals surface area contributed by atoms with Gasteiger partial charge in [-0.25, -0.2) is 0 Å². The Morgan fingerprint density at radius 2 is 1.50 bits per heavy atom. The lowest BCUT2D eigenvalue weighted by molar-refractivity contribution is 0.0461. The number of benzene rings is 1. The highest BCUT2D eigenvalue weighted by molar-refractivity contribution is 9.10. The minimum atomic E-state index is -1.73. The number of hydrogen-bond donors (Lipinski definition) is 0. The summed E-state index contributed by atoms with van der Waals surface area (Å²) >= 11 is 3.43. The quantitative estimate of drug-likeness (QED) is 0.635. The summed E-state index contributed by atoms with van der Waals surface area (Å²) in [6, 6.07) is 7.91. The standard InChI is InChI=1S/C16H27BrO2Si/c1-15(2,3)20(6,7)18-12-16(4,5)19-14-10-8-13(17)9-11-14/h8-11H,12H2,1-7H3. The second-order valence-corrected chi connectivity index (χ2v) is 13.1. The first-order valence-electron chi connectivity index (χ1n) is 7.01. The van der Waals surface area contributed by atoms with Gasteiger partial charge in [-0.15, -0.1) is 0 Å². The molecule has 0 bridgehead atoms. The average molecular weight is 359 g/mol. The van der Waals surface area contributed by atoms with Gasteiger partial charge in [0.05, 0.1) is 6.61 Å². The zero-order valence-electron chi connectivity index (χ0n) is 13.7. The Morgan fingerprint density at radius 1 is 1.00 bits per heavy atom. The lowest BCUT2D eigenvalue weighted by Crippen LogP contribution is -2.46. The third-order valence-electron chi connectivity index (χ3n) is 3.79. The van der Waals surface area contributed by atoms with E-state index in [1.54, 1.807) is 0 Å². The maximum Gasteiger partial charge on any atom is 0.192 e. The van der Waals surface area contributed by atoms with E-state index in [0.717, 1.165) is 10.2 Å². The smallest absolute Gasteiger partial charge is 0.192 e. The lowest BCUT2D eigenvalue weighted by atomic mass is 10.1. The first-order chi connectivity index (χ1) is 8.93. The van der Waals surface area contributed by atoms with Crippen molar-refractivity contribution in [2.45, 2.75) is 58.4 Å². The van der Waals surface area contributed by atoms with E-state index in [4.69, 9.17) is 9.16 Å². The molecule has 0 spiro atoms. The van der Waals surface area contributed by atoms with E-state index in [0.29, 0.717) is 6.61 Å². The lowest BCUT2D eigenvalue weighted by Gasteiger charge is -2.39. The fourth-order valence-electron chi connectivity index (χ4n) is 1.42. The van der Waals surface area contributed by atoms with Gasteiger partial charge in [0, 0.05) is 4.47 Å². The molecular weight excluding hydrogens is 332 g/mol. The van der Waals surface area contributed by atoms with Crippen molar-refractivity contribution in [1.29, 1.82) is 0 Å². The van der Waals surface area contributed by atoms with Crippen molar-refractivity contribution in [2.75, 3.05) is 6.61 Å². The van der Waals surface area contributed by atoms with Gasteiger partial charge >= 0.3 is 0 Å². The average Bonchev–Trinajstić information content (AvgIpc) is 2.28. The fourth-order valence-corrected chi connectivity index (χ4v) is 2.83. The SMILES string of the molecule is CC(C)(CO[Si](C)(C)C(C)(C)C)Oc1ccc(Br)cc1. The van der Waals surface area contributed by atoms with Crippen molar-refractivity contribution < 1.29 is 9.16 Å². The monoisotopic (exact) mass is 358 g/mol. The van der Waals surface area contributed by atoms with Crippen molar-refractivity contribution in [2.24, 2.45) is 0 Å². The highest BCUT2D eigenvalue weighted by Gasteiger charge is 2.38. The third kappa shape index (κ3) is 5.22. The molecule has 114 valence electrons. The Balaban J connectivity index is 2.64.